The van der Waals surface area contributed by atoms with Gasteiger partial charge in [0.25, 0.3) is 0 Å². The summed E-state index contributed by atoms with van der Waals surface area (Å²) < 4.78 is 5.22. The highest BCUT2D eigenvalue weighted by Crippen LogP contribution is 2.15. The van der Waals surface area contributed by atoms with E-state index in [4.69, 9.17) is 4.43 Å². The van der Waals surface area contributed by atoms with Gasteiger partial charge in [0.2, 0.25) is 0 Å². The number of benzene rings is 1. The Labute approximate surface area is 76.6 Å². The van der Waals surface area contributed by atoms with Gasteiger partial charge in [-0.25, -0.2) is 0 Å². The van der Waals surface area contributed by atoms with Gasteiger partial charge in [-0.2, -0.15) is 0 Å². The SMILES string of the molecule is C=CC(CO[SiH3])c1ccccc1. The molecule has 0 saturated heterocycles. The molecule has 0 amide bonds. The van der Waals surface area contributed by atoms with Crippen molar-refractivity contribution < 1.29 is 4.43 Å². The highest BCUT2D eigenvalue weighted by Gasteiger charge is 2.04. The smallest absolute Gasteiger partial charge is 0.146 e. The Balaban J connectivity index is 2.73. The summed E-state index contributed by atoms with van der Waals surface area (Å²) in [6.45, 7) is 4.56. The summed E-state index contributed by atoms with van der Waals surface area (Å²) in [4.78, 5) is 0. The minimum absolute atomic E-state index is 0.351. The van der Waals surface area contributed by atoms with E-state index in [1.54, 1.807) is 0 Å². The summed E-state index contributed by atoms with van der Waals surface area (Å²) in [5.74, 6) is 0.351. The Morgan fingerprint density at radius 2 is 2.08 bits per heavy atom. The summed E-state index contributed by atoms with van der Waals surface area (Å²) in [5, 5.41) is 0. The summed E-state index contributed by atoms with van der Waals surface area (Å²) in [6.07, 6.45) is 1.94. The minimum Gasteiger partial charge on any atom is -0.427 e. The highest BCUT2D eigenvalue weighted by atomic mass is 28.2. The first-order chi connectivity index (χ1) is 5.88. The molecule has 0 fully saturated rings. The molecule has 0 aliphatic rings. The maximum atomic E-state index is 5.22. The van der Waals surface area contributed by atoms with Crippen molar-refractivity contribution in [1.29, 1.82) is 0 Å². The van der Waals surface area contributed by atoms with Gasteiger partial charge in [0.15, 0.2) is 0 Å². The van der Waals surface area contributed by atoms with Crippen molar-refractivity contribution in [3.63, 3.8) is 0 Å². The van der Waals surface area contributed by atoms with Gasteiger partial charge in [-0.3, -0.25) is 0 Å². The van der Waals surface area contributed by atoms with E-state index >= 15 is 0 Å². The second-order valence-corrected chi connectivity index (χ2v) is 3.29. The molecule has 0 radical (unpaired) electrons. The fourth-order valence-corrected chi connectivity index (χ4v) is 1.54. The van der Waals surface area contributed by atoms with Gasteiger partial charge in [0.05, 0.1) is 0 Å². The zero-order valence-electron chi connectivity index (χ0n) is 7.36. The van der Waals surface area contributed by atoms with Crippen LogP contribution in [-0.4, -0.2) is 17.1 Å². The fourth-order valence-electron chi connectivity index (χ4n) is 1.18. The average molecular weight is 178 g/mol. The molecular weight excluding hydrogens is 164 g/mol. The molecule has 2 heteroatoms. The van der Waals surface area contributed by atoms with Crippen molar-refractivity contribution in [3.8, 4) is 0 Å². The zero-order chi connectivity index (χ0) is 8.81. The molecule has 1 aromatic carbocycles. The van der Waals surface area contributed by atoms with Gasteiger partial charge in [-0.1, -0.05) is 36.4 Å². The Kier molecular flexibility index (Phi) is 3.77. The number of hydrogen-bond acceptors (Lipinski definition) is 1. The Morgan fingerprint density at radius 3 is 2.58 bits per heavy atom. The molecule has 1 nitrogen and oxygen atoms in total. The van der Waals surface area contributed by atoms with E-state index in [9.17, 15) is 0 Å². The van der Waals surface area contributed by atoms with Crippen molar-refractivity contribution in [2.24, 2.45) is 0 Å². The molecule has 0 spiro atoms. The van der Waals surface area contributed by atoms with Crippen LogP contribution in [0.3, 0.4) is 0 Å². The predicted octanol–water partition coefficient (Wildman–Crippen LogP) is 1.25. The monoisotopic (exact) mass is 178 g/mol. The van der Waals surface area contributed by atoms with Crippen LogP contribution < -0.4 is 0 Å². The van der Waals surface area contributed by atoms with Gasteiger partial charge in [0, 0.05) is 12.5 Å². The lowest BCUT2D eigenvalue weighted by atomic mass is 10.0. The Hall–Kier alpha value is -0.863. The third-order valence-corrected chi connectivity index (χ3v) is 2.19. The van der Waals surface area contributed by atoms with Crippen LogP contribution in [0.25, 0.3) is 0 Å². The van der Waals surface area contributed by atoms with Gasteiger partial charge < -0.3 is 4.43 Å². The van der Waals surface area contributed by atoms with E-state index in [1.807, 2.05) is 24.3 Å². The molecule has 0 bridgehead atoms. The van der Waals surface area contributed by atoms with Crippen LogP contribution >= 0.6 is 0 Å². The fraction of sp³-hybridized carbons (Fsp3) is 0.200. The quantitative estimate of drug-likeness (QED) is 0.498. The lowest BCUT2D eigenvalue weighted by molar-refractivity contribution is 0.336. The first-order valence-corrected chi connectivity index (χ1v) is 4.86. The summed E-state index contributed by atoms with van der Waals surface area (Å²) in [6, 6.07) is 10.3. The zero-order valence-corrected chi connectivity index (χ0v) is 9.36. The van der Waals surface area contributed by atoms with Crippen LogP contribution in [0.5, 0.6) is 0 Å². The van der Waals surface area contributed by atoms with E-state index < -0.39 is 0 Å². The van der Waals surface area contributed by atoms with Crippen molar-refractivity contribution in [1.82, 2.24) is 0 Å². The maximum Gasteiger partial charge on any atom is 0.146 e. The van der Waals surface area contributed by atoms with E-state index in [1.165, 1.54) is 5.56 Å². The standard InChI is InChI=1S/C10H14OSi/c1-2-9(8-11-12)10-6-4-3-5-7-10/h2-7,9H,1,8H2,12H3. The Morgan fingerprint density at radius 1 is 1.42 bits per heavy atom. The highest BCUT2D eigenvalue weighted by molar-refractivity contribution is 5.97. The third kappa shape index (κ3) is 2.32. The normalized spacial score (nSPS) is 12.7. The minimum atomic E-state index is 0.351. The van der Waals surface area contributed by atoms with E-state index in [0.29, 0.717) is 5.92 Å². The van der Waals surface area contributed by atoms with Crippen molar-refractivity contribution in [3.05, 3.63) is 48.6 Å². The van der Waals surface area contributed by atoms with Gasteiger partial charge in [-0.15, -0.1) is 6.58 Å². The second-order valence-electron chi connectivity index (χ2n) is 2.71. The van der Waals surface area contributed by atoms with Crippen LogP contribution in [0.4, 0.5) is 0 Å². The van der Waals surface area contributed by atoms with Crippen molar-refractivity contribution in [2.75, 3.05) is 6.61 Å². The predicted molar refractivity (Wildman–Crippen MR) is 55.3 cm³/mol. The molecule has 1 unspecified atom stereocenters. The molecule has 0 heterocycles. The summed E-state index contributed by atoms with van der Waals surface area (Å²) >= 11 is 0. The molecule has 64 valence electrons. The largest absolute Gasteiger partial charge is 0.427 e. The molecule has 0 aliphatic carbocycles. The van der Waals surface area contributed by atoms with Crippen LogP contribution in [0.1, 0.15) is 11.5 Å². The van der Waals surface area contributed by atoms with Crippen LogP contribution in [0.15, 0.2) is 43.0 Å². The van der Waals surface area contributed by atoms with Crippen LogP contribution in [0, 0.1) is 0 Å². The number of rotatable bonds is 4. The van der Waals surface area contributed by atoms with E-state index in [0.717, 1.165) is 17.1 Å². The first-order valence-electron chi connectivity index (χ1n) is 4.05. The molecule has 0 N–H and O–H groups in total. The molecule has 1 rings (SSSR count). The first kappa shape index (κ1) is 9.23. The summed E-state index contributed by atoms with van der Waals surface area (Å²) in [5.41, 5.74) is 1.28. The van der Waals surface area contributed by atoms with E-state index in [-0.39, 0.29) is 0 Å². The van der Waals surface area contributed by atoms with Gasteiger partial charge in [0.1, 0.15) is 10.5 Å². The van der Waals surface area contributed by atoms with Crippen molar-refractivity contribution >= 4 is 10.5 Å². The van der Waals surface area contributed by atoms with Crippen molar-refractivity contribution in [2.45, 2.75) is 5.92 Å². The molecule has 0 saturated carbocycles. The number of hydrogen-bond donors (Lipinski definition) is 0. The maximum absolute atomic E-state index is 5.22. The molecule has 1 atom stereocenters. The Bertz CT molecular complexity index is 233. The molecule has 0 aromatic heterocycles. The molecule has 0 aliphatic heterocycles. The van der Waals surface area contributed by atoms with Gasteiger partial charge in [-0.05, 0) is 5.56 Å². The van der Waals surface area contributed by atoms with Crippen LogP contribution in [0.2, 0.25) is 0 Å². The lowest BCUT2D eigenvalue weighted by Gasteiger charge is -2.11. The van der Waals surface area contributed by atoms with Crippen LogP contribution in [-0.2, 0) is 4.43 Å². The molecule has 1 aromatic rings. The molecule has 12 heavy (non-hydrogen) atoms. The molecular formula is C10H14OSi. The average Bonchev–Trinajstić information content (AvgIpc) is 2.15. The summed E-state index contributed by atoms with van der Waals surface area (Å²) in [7, 11) is 0.795. The van der Waals surface area contributed by atoms with Gasteiger partial charge >= 0.3 is 0 Å². The van der Waals surface area contributed by atoms with E-state index in [2.05, 4.69) is 18.7 Å². The topological polar surface area (TPSA) is 9.23 Å². The third-order valence-electron chi connectivity index (χ3n) is 1.86. The lowest BCUT2D eigenvalue weighted by Crippen LogP contribution is -2.03. The second kappa shape index (κ2) is 4.90.